The van der Waals surface area contributed by atoms with Crippen LogP contribution in [0.1, 0.15) is 42.5 Å². The van der Waals surface area contributed by atoms with Gasteiger partial charge in [0.25, 0.3) is 0 Å². The van der Waals surface area contributed by atoms with Crippen molar-refractivity contribution < 1.29 is 13.2 Å². The summed E-state index contributed by atoms with van der Waals surface area (Å²) in [6.07, 6.45) is 4.61. The molecule has 0 bridgehead atoms. The standard InChI is InChI=1S/C30H32N2O3S2/c33-30(31(22-27-17-10-20-36-27)21-24-11-3-1-4-12-24)23-32(26-15-5-2-6-16-26)37(34,35)29-19-9-14-25-13-7-8-18-28(25)29/h1,3-4,7-14,17-20,26H,2,5-6,15-16,21-23H2. The zero-order chi connectivity index (χ0) is 25.7. The molecule has 7 heteroatoms. The van der Waals surface area contributed by atoms with Crippen molar-refractivity contribution in [1.82, 2.24) is 9.21 Å². The molecule has 5 nitrogen and oxygen atoms in total. The molecule has 1 saturated carbocycles. The summed E-state index contributed by atoms with van der Waals surface area (Å²) >= 11 is 1.60. The van der Waals surface area contributed by atoms with E-state index >= 15 is 0 Å². The van der Waals surface area contributed by atoms with Crippen molar-refractivity contribution in [3.63, 3.8) is 0 Å². The van der Waals surface area contributed by atoms with Gasteiger partial charge in [-0.3, -0.25) is 4.79 Å². The van der Waals surface area contributed by atoms with E-state index in [-0.39, 0.29) is 23.4 Å². The average Bonchev–Trinajstić information content (AvgIpc) is 3.45. The second-order valence-corrected chi connectivity index (χ2v) is 12.5. The normalized spacial score (nSPS) is 14.7. The third-order valence-electron chi connectivity index (χ3n) is 7.11. The highest BCUT2D eigenvalue weighted by Crippen LogP contribution is 2.31. The van der Waals surface area contributed by atoms with Gasteiger partial charge >= 0.3 is 0 Å². The molecule has 0 radical (unpaired) electrons. The van der Waals surface area contributed by atoms with Gasteiger partial charge in [-0.2, -0.15) is 4.31 Å². The van der Waals surface area contributed by atoms with E-state index in [1.54, 1.807) is 28.4 Å². The first-order valence-electron chi connectivity index (χ1n) is 12.9. The minimum Gasteiger partial charge on any atom is -0.332 e. The molecule has 1 aliphatic carbocycles. The molecular formula is C30H32N2O3S2. The van der Waals surface area contributed by atoms with Gasteiger partial charge in [0.05, 0.1) is 18.0 Å². The van der Waals surface area contributed by atoms with Gasteiger partial charge in [-0.25, -0.2) is 8.42 Å². The molecule has 1 fully saturated rings. The topological polar surface area (TPSA) is 57.7 Å². The summed E-state index contributed by atoms with van der Waals surface area (Å²) < 4.78 is 30.0. The third kappa shape index (κ3) is 5.95. The number of hydrogen-bond acceptors (Lipinski definition) is 4. The van der Waals surface area contributed by atoms with Crippen molar-refractivity contribution in [1.29, 1.82) is 0 Å². The van der Waals surface area contributed by atoms with Crippen molar-refractivity contribution in [3.05, 3.63) is 101 Å². The van der Waals surface area contributed by atoms with Crippen molar-refractivity contribution in [3.8, 4) is 0 Å². The van der Waals surface area contributed by atoms with Crippen LogP contribution in [-0.2, 0) is 27.9 Å². The molecule has 3 aromatic carbocycles. The highest BCUT2D eigenvalue weighted by atomic mass is 32.2. The fourth-order valence-electron chi connectivity index (χ4n) is 5.19. The van der Waals surface area contributed by atoms with Gasteiger partial charge in [0, 0.05) is 22.8 Å². The molecule has 1 aliphatic rings. The number of carbonyl (C=O) groups is 1. The number of fused-ring (bicyclic) bond motifs is 1. The number of nitrogens with zero attached hydrogens (tertiary/aromatic N) is 2. The van der Waals surface area contributed by atoms with Gasteiger partial charge in [-0.1, -0.05) is 92.1 Å². The lowest BCUT2D eigenvalue weighted by Crippen LogP contribution is -2.47. The van der Waals surface area contributed by atoms with Crippen LogP contribution in [0.2, 0.25) is 0 Å². The molecule has 37 heavy (non-hydrogen) atoms. The molecule has 1 heterocycles. The van der Waals surface area contributed by atoms with E-state index in [1.165, 1.54) is 4.31 Å². The lowest BCUT2D eigenvalue weighted by Gasteiger charge is -2.34. The van der Waals surface area contributed by atoms with Crippen LogP contribution in [-0.4, -0.2) is 36.1 Å². The van der Waals surface area contributed by atoms with Gasteiger partial charge in [-0.15, -0.1) is 11.3 Å². The van der Waals surface area contributed by atoms with Crippen LogP contribution in [0.25, 0.3) is 10.8 Å². The van der Waals surface area contributed by atoms with Crippen LogP contribution in [0.4, 0.5) is 0 Å². The second kappa shape index (κ2) is 11.6. The Kier molecular flexibility index (Phi) is 8.03. The summed E-state index contributed by atoms with van der Waals surface area (Å²) in [6, 6.07) is 26.6. The Morgan fingerprint density at radius 1 is 0.811 bits per heavy atom. The molecule has 0 aliphatic heterocycles. The van der Waals surface area contributed by atoms with E-state index < -0.39 is 10.0 Å². The zero-order valence-electron chi connectivity index (χ0n) is 20.8. The molecule has 1 aromatic heterocycles. The van der Waals surface area contributed by atoms with Crippen molar-refractivity contribution in [2.75, 3.05) is 6.54 Å². The first-order chi connectivity index (χ1) is 18.0. The molecule has 1 amide bonds. The van der Waals surface area contributed by atoms with Crippen molar-refractivity contribution in [2.45, 2.75) is 56.1 Å². The SMILES string of the molecule is O=C(CN(C1CCCCC1)S(=O)(=O)c1cccc2ccccc12)N(Cc1ccccc1)Cc1cccs1. The Hall–Kier alpha value is -3.00. The van der Waals surface area contributed by atoms with Crippen molar-refractivity contribution in [2.24, 2.45) is 0 Å². The van der Waals surface area contributed by atoms with E-state index in [9.17, 15) is 13.2 Å². The Labute approximate surface area is 223 Å². The number of hydrogen-bond donors (Lipinski definition) is 0. The molecule has 4 aromatic rings. The van der Waals surface area contributed by atoms with Crippen LogP contribution in [0, 0.1) is 0 Å². The summed E-state index contributed by atoms with van der Waals surface area (Å²) in [5, 5.41) is 3.57. The van der Waals surface area contributed by atoms with Gasteiger partial charge in [-0.05, 0) is 41.3 Å². The number of thiophene rings is 1. The highest BCUT2D eigenvalue weighted by molar-refractivity contribution is 7.89. The van der Waals surface area contributed by atoms with Crippen LogP contribution in [0.5, 0.6) is 0 Å². The number of benzene rings is 3. The summed E-state index contributed by atoms with van der Waals surface area (Å²) in [6.45, 7) is 0.733. The lowest BCUT2D eigenvalue weighted by molar-refractivity contribution is -0.133. The van der Waals surface area contributed by atoms with E-state index in [0.29, 0.717) is 18.5 Å². The number of carbonyl (C=O) groups excluding carboxylic acids is 1. The maximum absolute atomic E-state index is 14.2. The Morgan fingerprint density at radius 2 is 1.54 bits per heavy atom. The van der Waals surface area contributed by atoms with Gasteiger partial charge in [0.1, 0.15) is 0 Å². The quantitative estimate of drug-likeness (QED) is 0.249. The van der Waals surface area contributed by atoms with Crippen LogP contribution in [0.15, 0.2) is 95.2 Å². The van der Waals surface area contributed by atoms with Crippen LogP contribution < -0.4 is 0 Å². The number of rotatable bonds is 9. The molecular weight excluding hydrogens is 500 g/mol. The monoisotopic (exact) mass is 532 g/mol. The molecule has 0 N–H and O–H groups in total. The lowest BCUT2D eigenvalue weighted by atomic mass is 9.95. The smallest absolute Gasteiger partial charge is 0.244 e. The predicted octanol–water partition coefficient (Wildman–Crippen LogP) is 6.45. The van der Waals surface area contributed by atoms with Gasteiger partial charge in [0.15, 0.2) is 0 Å². The molecule has 192 valence electrons. The van der Waals surface area contributed by atoms with E-state index in [2.05, 4.69) is 0 Å². The Balaban J connectivity index is 1.49. The third-order valence-corrected chi connectivity index (χ3v) is 9.92. The summed E-state index contributed by atoms with van der Waals surface area (Å²) in [4.78, 5) is 17.0. The first kappa shape index (κ1) is 25.6. The molecule has 0 saturated heterocycles. The Bertz CT molecular complexity index is 1420. The molecule has 0 unspecified atom stereocenters. The largest absolute Gasteiger partial charge is 0.332 e. The summed E-state index contributed by atoms with van der Waals surface area (Å²) in [5.41, 5.74) is 1.02. The molecule has 5 rings (SSSR count). The predicted molar refractivity (Wildman–Crippen MR) is 150 cm³/mol. The van der Waals surface area contributed by atoms with Crippen LogP contribution in [0.3, 0.4) is 0 Å². The fraction of sp³-hybridized carbons (Fsp3) is 0.300. The maximum atomic E-state index is 14.2. The zero-order valence-corrected chi connectivity index (χ0v) is 22.5. The first-order valence-corrected chi connectivity index (χ1v) is 15.2. The Morgan fingerprint density at radius 3 is 2.30 bits per heavy atom. The number of sulfonamides is 1. The minimum absolute atomic E-state index is 0.158. The highest BCUT2D eigenvalue weighted by Gasteiger charge is 2.36. The van der Waals surface area contributed by atoms with E-state index in [4.69, 9.17) is 0 Å². The average molecular weight is 533 g/mol. The second-order valence-electron chi connectivity index (χ2n) is 9.63. The van der Waals surface area contributed by atoms with E-state index in [0.717, 1.165) is 47.9 Å². The molecule has 0 spiro atoms. The van der Waals surface area contributed by atoms with Crippen LogP contribution >= 0.6 is 11.3 Å². The van der Waals surface area contributed by atoms with E-state index in [1.807, 2.05) is 78.2 Å². The summed E-state index contributed by atoms with van der Waals surface area (Å²) in [7, 11) is -3.90. The fourth-order valence-corrected chi connectivity index (χ4v) is 7.76. The maximum Gasteiger partial charge on any atom is 0.244 e. The minimum atomic E-state index is -3.90. The number of amides is 1. The summed E-state index contributed by atoms with van der Waals surface area (Å²) in [5.74, 6) is -0.174. The van der Waals surface area contributed by atoms with Gasteiger partial charge in [0.2, 0.25) is 15.9 Å². The van der Waals surface area contributed by atoms with Gasteiger partial charge < -0.3 is 4.90 Å². The molecule has 0 atom stereocenters. The van der Waals surface area contributed by atoms with Crippen molar-refractivity contribution >= 4 is 38.0 Å².